The maximum Gasteiger partial charge on any atom is 0.323 e. The van der Waals surface area contributed by atoms with Gasteiger partial charge in [0.05, 0.1) is 43.5 Å². The quantitative estimate of drug-likeness (QED) is 0.0534. The van der Waals surface area contributed by atoms with Crippen molar-refractivity contribution >= 4 is 56.1 Å². The first-order valence-electron chi connectivity index (χ1n) is 22.1. The number of amides is 3. The van der Waals surface area contributed by atoms with Gasteiger partial charge in [0, 0.05) is 35.9 Å². The van der Waals surface area contributed by atoms with Crippen molar-refractivity contribution in [1.29, 1.82) is 0 Å². The molecule has 0 saturated carbocycles. The molecule has 2 aliphatic heterocycles. The van der Waals surface area contributed by atoms with E-state index in [1.165, 1.54) is 26.2 Å². The Balaban J connectivity index is 0.000000265. The molecule has 3 amide bonds. The van der Waals surface area contributed by atoms with Gasteiger partial charge in [0.25, 0.3) is 11.1 Å². The summed E-state index contributed by atoms with van der Waals surface area (Å²) in [7, 11) is -7.80. The van der Waals surface area contributed by atoms with Crippen molar-refractivity contribution in [3.05, 3.63) is 153 Å². The average molecular weight is 1020 g/mol. The number of carbonyl (C=O) groups excluding carboxylic acids is 3. The van der Waals surface area contributed by atoms with E-state index in [4.69, 9.17) is 5.73 Å². The predicted molar refractivity (Wildman–Crippen MR) is 266 cm³/mol. The summed E-state index contributed by atoms with van der Waals surface area (Å²) >= 11 is 0. The molecule has 4 unspecified atom stereocenters. The van der Waals surface area contributed by atoms with Crippen molar-refractivity contribution in [3.8, 4) is 0 Å². The summed E-state index contributed by atoms with van der Waals surface area (Å²) in [5.41, 5.74) is 7.03. The number of rotatable bonds is 22. The van der Waals surface area contributed by atoms with Crippen LogP contribution in [0.3, 0.4) is 0 Å². The lowest BCUT2D eigenvalue weighted by molar-refractivity contribution is -0.139. The van der Waals surface area contributed by atoms with Crippen molar-refractivity contribution in [2.24, 2.45) is 5.73 Å². The van der Waals surface area contributed by atoms with E-state index < -0.39 is 62.3 Å². The number of pyridine rings is 2. The molecule has 4 atom stereocenters. The number of carbonyl (C=O) groups is 4. The van der Waals surface area contributed by atoms with Gasteiger partial charge >= 0.3 is 5.97 Å². The molecule has 6 rings (SSSR count). The van der Waals surface area contributed by atoms with Crippen LogP contribution in [0, 0.1) is 13.8 Å². The number of sulfonamides is 2. The number of carboxylic acid groups (broad SMARTS) is 1. The monoisotopic (exact) mass is 1020 g/mol. The largest absolute Gasteiger partial charge is 0.480 e. The third kappa shape index (κ3) is 13.5. The molecule has 23 nitrogen and oxygen atoms in total. The molecule has 2 aliphatic rings. The second-order valence-corrected chi connectivity index (χ2v) is 20.1. The minimum Gasteiger partial charge on any atom is -0.480 e. The van der Waals surface area contributed by atoms with Gasteiger partial charge < -0.3 is 36.6 Å². The Morgan fingerprint density at radius 3 is 1.42 bits per heavy atom. The van der Waals surface area contributed by atoms with Crippen LogP contribution < -0.4 is 42.2 Å². The molecule has 25 heteroatoms. The summed E-state index contributed by atoms with van der Waals surface area (Å²) in [6.07, 6.45) is -0.773. The first kappa shape index (κ1) is 54.6. The van der Waals surface area contributed by atoms with Crippen LogP contribution in [-0.2, 0) is 50.7 Å². The first-order valence-corrected chi connectivity index (χ1v) is 25.4. The number of nitrogens with two attached hydrogens (primary N) is 1. The van der Waals surface area contributed by atoms with Crippen LogP contribution in [0.4, 0.5) is 11.4 Å². The lowest BCUT2D eigenvalue weighted by atomic mass is 10.2. The number of aliphatic carboxylic acids is 1. The molecule has 0 aliphatic carbocycles. The van der Waals surface area contributed by atoms with Crippen LogP contribution in [0.25, 0.3) is 0 Å². The Labute approximate surface area is 411 Å². The summed E-state index contributed by atoms with van der Waals surface area (Å²) < 4.78 is 58.6. The van der Waals surface area contributed by atoms with Crippen LogP contribution in [0.2, 0.25) is 0 Å². The van der Waals surface area contributed by atoms with Crippen LogP contribution in [0.5, 0.6) is 0 Å². The average Bonchev–Trinajstić information content (AvgIpc) is 3.67. The molecule has 0 radical (unpaired) electrons. The third-order valence-electron chi connectivity index (χ3n) is 11.7. The van der Waals surface area contributed by atoms with Crippen LogP contribution in [0.15, 0.2) is 119 Å². The van der Waals surface area contributed by atoms with E-state index in [1.54, 1.807) is 108 Å². The lowest BCUT2D eigenvalue weighted by Gasteiger charge is -2.34. The molecule has 0 bridgehead atoms. The van der Waals surface area contributed by atoms with Gasteiger partial charge in [-0.2, -0.15) is 0 Å². The number of nitrogens with one attached hydrogen (secondary N) is 5. The number of carboxylic acids is 1. The Kier molecular flexibility index (Phi) is 18.5. The fraction of sp³-hybridized carbons (Fsp3) is 0.348. The van der Waals surface area contributed by atoms with Gasteiger partial charge in [-0.3, -0.25) is 47.3 Å². The minimum atomic E-state index is -3.91. The van der Waals surface area contributed by atoms with E-state index >= 15 is 0 Å². The number of aromatic nitrogens is 2. The number of hydrogen-bond acceptors (Lipinski definition) is 15. The van der Waals surface area contributed by atoms with E-state index in [0.717, 1.165) is 0 Å². The topological polar surface area (TPSA) is 300 Å². The number of aryl methyl sites for hydroxylation is 2. The van der Waals surface area contributed by atoms with E-state index in [2.05, 4.69) is 38.6 Å². The fourth-order valence-electron chi connectivity index (χ4n) is 8.16. The van der Waals surface area contributed by atoms with Crippen molar-refractivity contribution in [2.45, 2.75) is 63.9 Å². The Morgan fingerprint density at radius 2 is 1.06 bits per heavy atom. The Morgan fingerprint density at radius 1 is 0.662 bits per heavy atom. The summed E-state index contributed by atoms with van der Waals surface area (Å²) in [6, 6.07) is 22.4. The van der Waals surface area contributed by atoms with Gasteiger partial charge in [-0.15, -0.1) is 0 Å². The molecule has 2 fully saturated rings. The first-order chi connectivity index (χ1) is 33.6. The smallest absolute Gasteiger partial charge is 0.323 e. The van der Waals surface area contributed by atoms with E-state index in [9.17, 15) is 50.7 Å². The highest BCUT2D eigenvalue weighted by Crippen LogP contribution is 2.36. The minimum absolute atomic E-state index is 0.0142. The summed E-state index contributed by atoms with van der Waals surface area (Å²) in [6.45, 7) is 15.1. The van der Waals surface area contributed by atoms with Crippen LogP contribution in [-0.4, -0.2) is 127 Å². The van der Waals surface area contributed by atoms with Crippen molar-refractivity contribution in [3.63, 3.8) is 0 Å². The maximum absolute atomic E-state index is 13.7. The molecule has 4 aromatic rings. The molecular formula is C46H60N12O11S2. The molecular weight excluding hydrogens is 961 g/mol. The van der Waals surface area contributed by atoms with Crippen LogP contribution >= 0.6 is 0 Å². The van der Waals surface area contributed by atoms with Crippen molar-refractivity contribution < 1.29 is 41.1 Å². The summed E-state index contributed by atoms with van der Waals surface area (Å²) in [4.78, 5) is 79.9. The van der Waals surface area contributed by atoms with E-state index in [0.29, 0.717) is 46.7 Å². The molecule has 382 valence electrons. The normalized spacial score (nSPS) is 18.3. The SMILES string of the molecule is C=C1C(C)N(CNC=O)C(n2c(C)ccc(NS(=O)(=O)Cc3ccccc3)c2=O)N1CC(=O)NCCN.C=C1C(C)N(CNC=O)C(n2c(C)ccc(NS(=O)(=O)Cc3ccccc3)c2=O)N1CC(=O)O. The molecule has 2 aromatic carbocycles. The van der Waals surface area contributed by atoms with E-state index in [1.807, 2.05) is 6.92 Å². The number of benzene rings is 2. The molecule has 2 aromatic heterocycles. The second-order valence-electron chi connectivity index (χ2n) is 16.6. The highest BCUT2D eigenvalue weighted by Gasteiger charge is 2.44. The highest BCUT2D eigenvalue weighted by atomic mass is 32.2. The summed E-state index contributed by atoms with van der Waals surface area (Å²) in [5, 5.41) is 17.3. The van der Waals surface area contributed by atoms with Crippen molar-refractivity contribution in [1.82, 2.24) is 44.7 Å². The zero-order valence-corrected chi connectivity index (χ0v) is 41.4. The second kappa shape index (κ2) is 24.0. The van der Waals surface area contributed by atoms with Crippen molar-refractivity contribution in [2.75, 3.05) is 49.0 Å². The molecule has 0 spiro atoms. The summed E-state index contributed by atoms with van der Waals surface area (Å²) in [5.74, 6) is -2.08. The van der Waals surface area contributed by atoms with Gasteiger partial charge in [0.2, 0.25) is 38.8 Å². The van der Waals surface area contributed by atoms with Gasteiger partial charge in [-0.25, -0.2) is 26.6 Å². The Bertz CT molecular complexity index is 2940. The number of anilines is 2. The van der Waals surface area contributed by atoms with Gasteiger partial charge in [-0.05, 0) is 63.1 Å². The molecule has 2 saturated heterocycles. The third-order valence-corrected chi connectivity index (χ3v) is 14.2. The molecule has 8 N–H and O–H groups in total. The zero-order valence-electron chi connectivity index (χ0n) is 39.7. The molecule has 71 heavy (non-hydrogen) atoms. The van der Waals surface area contributed by atoms with Gasteiger partial charge in [-0.1, -0.05) is 73.8 Å². The molecule has 4 heterocycles. The Hall–Kier alpha value is -7.32. The van der Waals surface area contributed by atoms with E-state index in [-0.39, 0.29) is 67.8 Å². The standard InChI is InChI=1S/C24H33N7O5S.C22H27N5O6S/c1-17-9-10-21(28-37(35,36)14-20-7-5-4-6-8-20)23(34)31(17)24-29(13-22(33)27-12-11-25)18(2)19(3)30(24)15-26-16-32;1-15-9-10-19(24-34(32,33)12-18-7-5-4-6-8-18)21(31)27(15)22-25(11-20(29)30)16(2)17(3)26(22)13-23-14-28/h4-10,16,19,24,28H,2,11-15,25H2,1,3H3,(H,26,32)(H,27,33);4-10,14,17,22,24H,2,11-13H2,1,3H3,(H,23,28)(H,29,30). The van der Waals surface area contributed by atoms with Gasteiger partial charge in [0.15, 0.2) is 12.6 Å². The maximum atomic E-state index is 13.7. The number of hydrogen-bond donors (Lipinski definition) is 7. The predicted octanol–water partition coefficient (Wildman–Crippen LogP) is 0.716. The van der Waals surface area contributed by atoms with Crippen LogP contribution in [0.1, 0.15) is 48.9 Å². The lowest BCUT2D eigenvalue weighted by Crippen LogP contribution is -2.48. The van der Waals surface area contributed by atoms with Gasteiger partial charge in [0.1, 0.15) is 17.9 Å². The zero-order chi connectivity index (χ0) is 52.2. The fourth-order valence-corrected chi connectivity index (χ4v) is 10.6. The number of nitrogens with zero attached hydrogens (tertiary/aromatic N) is 6. The highest BCUT2D eigenvalue weighted by molar-refractivity contribution is 7.92.